The Morgan fingerprint density at radius 1 is 1.14 bits per heavy atom. The van der Waals surface area contributed by atoms with Crippen LogP contribution in [0.5, 0.6) is 0 Å². The highest BCUT2D eigenvalue weighted by molar-refractivity contribution is 6.40. The zero-order valence-corrected chi connectivity index (χ0v) is 17.6. The minimum absolute atomic E-state index is 0.0676. The summed E-state index contributed by atoms with van der Waals surface area (Å²) in [6, 6.07) is 0. The Labute approximate surface area is 171 Å². The molecule has 162 valence electrons. The fraction of sp³-hybridized carbons (Fsp3) is 0.773. The number of fused-ring (bicyclic) bond motifs is 1. The molecule has 0 bridgehead atoms. The Balaban J connectivity index is 2.65. The van der Waals surface area contributed by atoms with Crippen LogP contribution >= 0.6 is 0 Å². The summed E-state index contributed by atoms with van der Waals surface area (Å²) in [6.45, 7) is 7.18. The third-order valence-corrected chi connectivity index (χ3v) is 7.19. The fourth-order valence-electron chi connectivity index (χ4n) is 5.94. The molecule has 7 atom stereocenters. The lowest BCUT2D eigenvalue weighted by molar-refractivity contribution is -0.176. The summed E-state index contributed by atoms with van der Waals surface area (Å²) in [5, 5.41) is 19.1. The van der Waals surface area contributed by atoms with E-state index in [-0.39, 0.29) is 11.8 Å². The molecule has 2 N–H and O–H groups in total. The van der Waals surface area contributed by atoms with Crippen molar-refractivity contribution in [1.82, 2.24) is 0 Å². The number of carboxylic acid groups (broad SMARTS) is 2. The maximum atomic E-state index is 13.2. The highest BCUT2D eigenvalue weighted by atomic mass is 16.4. The second-order valence-corrected chi connectivity index (χ2v) is 9.26. The van der Waals surface area contributed by atoms with Gasteiger partial charge in [0.1, 0.15) is 6.42 Å². The van der Waals surface area contributed by atoms with Crippen LogP contribution in [0.1, 0.15) is 66.2 Å². The van der Waals surface area contributed by atoms with E-state index in [1.165, 1.54) is 0 Å². The van der Waals surface area contributed by atoms with E-state index in [0.717, 1.165) is 12.8 Å². The molecule has 2 rings (SSSR count). The van der Waals surface area contributed by atoms with Gasteiger partial charge in [0.25, 0.3) is 0 Å². The molecule has 7 unspecified atom stereocenters. The first-order valence-electron chi connectivity index (χ1n) is 10.5. The molecule has 0 heterocycles. The van der Waals surface area contributed by atoms with Gasteiger partial charge in [-0.05, 0) is 37.0 Å². The zero-order valence-electron chi connectivity index (χ0n) is 17.6. The fourth-order valence-corrected chi connectivity index (χ4v) is 5.94. The molecule has 29 heavy (non-hydrogen) atoms. The topological polar surface area (TPSA) is 126 Å². The van der Waals surface area contributed by atoms with Gasteiger partial charge in [0.15, 0.2) is 5.78 Å². The first-order valence-corrected chi connectivity index (χ1v) is 10.5. The van der Waals surface area contributed by atoms with Crippen molar-refractivity contribution in [2.75, 3.05) is 0 Å². The average molecular weight is 408 g/mol. The van der Waals surface area contributed by atoms with E-state index in [9.17, 15) is 34.2 Å². The number of hydrogen-bond acceptors (Lipinski definition) is 5. The third-order valence-electron chi connectivity index (χ3n) is 7.19. The molecule has 0 aliphatic heterocycles. The molecule has 0 amide bonds. The van der Waals surface area contributed by atoms with Gasteiger partial charge in [0.2, 0.25) is 11.6 Å². The van der Waals surface area contributed by atoms with Crippen molar-refractivity contribution in [2.24, 2.45) is 40.9 Å². The van der Waals surface area contributed by atoms with Gasteiger partial charge < -0.3 is 10.2 Å². The van der Waals surface area contributed by atoms with E-state index in [1.807, 2.05) is 13.8 Å². The van der Waals surface area contributed by atoms with Crippen molar-refractivity contribution in [3.05, 3.63) is 0 Å². The molecule has 0 saturated heterocycles. The first kappa shape index (κ1) is 23.2. The molecule has 2 fully saturated rings. The van der Waals surface area contributed by atoms with Gasteiger partial charge in [-0.15, -0.1) is 0 Å². The number of carbonyl (C=O) groups excluding carboxylic acids is 3. The number of Topliss-reactive ketones (excluding diaryl/α,β-unsaturated/α-hetero) is 3. The van der Waals surface area contributed by atoms with Gasteiger partial charge in [-0.25, -0.2) is 0 Å². The summed E-state index contributed by atoms with van der Waals surface area (Å²) in [7, 11) is 0. The van der Waals surface area contributed by atoms with Gasteiger partial charge in [-0.1, -0.05) is 40.5 Å². The van der Waals surface area contributed by atoms with E-state index < -0.39 is 64.8 Å². The minimum Gasteiger partial charge on any atom is -0.481 e. The van der Waals surface area contributed by atoms with Gasteiger partial charge >= 0.3 is 11.9 Å². The summed E-state index contributed by atoms with van der Waals surface area (Å²) >= 11 is 0. The van der Waals surface area contributed by atoms with Gasteiger partial charge in [0, 0.05) is 17.3 Å². The molecule has 7 heteroatoms. The Morgan fingerprint density at radius 3 is 2.28 bits per heavy atom. The van der Waals surface area contributed by atoms with Crippen LogP contribution in [-0.4, -0.2) is 39.5 Å². The molecule has 0 aromatic heterocycles. The molecule has 2 aliphatic rings. The predicted octanol–water partition coefficient (Wildman–Crippen LogP) is 2.99. The maximum absolute atomic E-state index is 13.2. The van der Waals surface area contributed by atoms with Crippen LogP contribution < -0.4 is 0 Å². The van der Waals surface area contributed by atoms with Crippen molar-refractivity contribution < 1.29 is 34.2 Å². The van der Waals surface area contributed by atoms with Crippen molar-refractivity contribution >= 4 is 29.3 Å². The Hall–Kier alpha value is -2.05. The zero-order chi connectivity index (χ0) is 22.1. The Bertz CT molecular complexity index is 712. The van der Waals surface area contributed by atoms with E-state index in [4.69, 9.17) is 0 Å². The second-order valence-electron chi connectivity index (χ2n) is 9.26. The second kappa shape index (κ2) is 8.76. The lowest BCUT2D eigenvalue weighted by Crippen LogP contribution is -2.63. The lowest BCUT2D eigenvalue weighted by atomic mass is 9.45. The van der Waals surface area contributed by atoms with Crippen molar-refractivity contribution in [3.8, 4) is 0 Å². The van der Waals surface area contributed by atoms with E-state index in [1.54, 1.807) is 13.8 Å². The van der Waals surface area contributed by atoms with Gasteiger partial charge in [-0.3, -0.25) is 24.0 Å². The smallest absolute Gasteiger partial charge is 0.310 e. The summed E-state index contributed by atoms with van der Waals surface area (Å²) < 4.78 is 0. The van der Waals surface area contributed by atoms with E-state index in [0.29, 0.717) is 19.3 Å². The maximum Gasteiger partial charge on any atom is 0.310 e. The number of aliphatic carboxylic acids is 2. The number of rotatable bonds is 8. The molecular formula is C22H32O7. The third kappa shape index (κ3) is 4.14. The Morgan fingerprint density at radius 2 is 1.76 bits per heavy atom. The van der Waals surface area contributed by atoms with Crippen LogP contribution in [0.25, 0.3) is 0 Å². The summed E-state index contributed by atoms with van der Waals surface area (Å²) in [5.74, 6) is -8.28. The molecule has 2 saturated carbocycles. The van der Waals surface area contributed by atoms with Crippen molar-refractivity contribution in [1.29, 1.82) is 0 Å². The molecule has 7 nitrogen and oxygen atoms in total. The summed E-state index contributed by atoms with van der Waals surface area (Å²) in [5.41, 5.74) is -1.48. The number of carbonyl (C=O) groups is 5. The molecule has 0 radical (unpaired) electrons. The number of unbranched alkanes of at least 4 members (excludes halogenated alkanes) is 1. The van der Waals surface area contributed by atoms with Crippen LogP contribution in [0.4, 0.5) is 0 Å². The number of ketones is 3. The standard InChI is InChI=1S/C22H32O7/c1-5-6-7-12(3)17-20(27)19(26)13-8-11(2)9-14(21(28)29)18(13)22(17,4)15(23)10-16(24)25/h11-14,17-18H,5-10H2,1-4H3,(H,24,25)(H,28,29). The highest BCUT2D eigenvalue weighted by Gasteiger charge is 2.64. The van der Waals surface area contributed by atoms with E-state index >= 15 is 0 Å². The summed E-state index contributed by atoms with van der Waals surface area (Å²) in [6.07, 6.45) is 2.17. The van der Waals surface area contributed by atoms with E-state index in [2.05, 4.69) is 0 Å². The SMILES string of the molecule is CCCCC(C)C1C(=O)C(=O)C2CC(C)CC(C(=O)O)C2C1(C)C(=O)CC(=O)O. The summed E-state index contributed by atoms with van der Waals surface area (Å²) in [4.78, 5) is 62.9. The van der Waals surface area contributed by atoms with Gasteiger partial charge in [0.05, 0.1) is 5.92 Å². The van der Waals surface area contributed by atoms with Crippen molar-refractivity contribution in [3.63, 3.8) is 0 Å². The number of carboxylic acids is 2. The van der Waals surface area contributed by atoms with Crippen LogP contribution in [0.15, 0.2) is 0 Å². The monoisotopic (exact) mass is 408 g/mol. The van der Waals surface area contributed by atoms with Gasteiger partial charge in [-0.2, -0.15) is 0 Å². The normalized spacial score (nSPS) is 35.7. The largest absolute Gasteiger partial charge is 0.481 e. The lowest BCUT2D eigenvalue weighted by Gasteiger charge is -2.54. The van der Waals surface area contributed by atoms with Crippen molar-refractivity contribution in [2.45, 2.75) is 66.2 Å². The highest BCUT2D eigenvalue weighted by Crippen LogP contribution is 2.57. The molecule has 2 aliphatic carbocycles. The van der Waals surface area contributed by atoms with Crippen LogP contribution in [0, 0.1) is 40.9 Å². The average Bonchev–Trinajstić information content (AvgIpc) is 2.63. The Kier molecular flexibility index (Phi) is 7.01. The molecule has 0 spiro atoms. The first-order chi connectivity index (χ1) is 13.5. The molecule has 0 aromatic rings. The van der Waals surface area contributed by atoms with Crippen LogP contribution in [0.3, 0.4) is 0 Å². The quantitative estimate of drug-likeness (QED) is 0.467. The minimum atomic E-state index is -1.48. The van der Waals surface area contributed by atoms with Crippen LogP contribution in [0.2, 0.25) is 0 Å². The predicted molar refractivity (Wildman–Crippen MR) is 104 cm³/mol. The van der Waals surface area contributed by atoms with Crippen LogP contribution in [-0.2, 0) is 24.0 Å². The molecular weight excluding hydrogens is 376 g/mol. The number of hydrogen-bond donors (Lipinski definition) is 2. The molecule has 0 aromatic carbocycles.